The molecule has 22 heteroatoms. The van der Waals surface area contributed by atoms with E-state index in [-0.39, 0.29) is 23.9 Å². The van der Waals surface area contributed by atoms with Gasteiger partial charge in [-0.25, -0.2) is 0 Å². The second-order valence-electron chi connectivity index (χ2n) is 17.4. The Morgan fingerprint density at radius 1 is 0.607 bits per heavy atom. The smallest absolute Gasteiger partial charge is 0.187 e. The van der Waals surface area contributed by atoms with Crippen LogP contribution in [0.1, 0.15) is 39.5 Å². The third-order valence-electron chi connectivity index (χ3n) is 13.3. The van der Waals surface area contributed by atoms with Gasteiger partial charge in [0.1, 0.15) is 97.7 Å². The number of ether oxygens (including phenoxy) is 8. The molecule has 61 heavy (non-hydrogen) atoms. The van der Waals surface area contributed by atoms with Crippen LogP contribution in [0.15, 0.2) is 23.8 Å². The van der Waals surface area contributed by atoms with Gasteiger partial charge in [0.2, 0.25) is 0 Å². The molecule has 0 amide bonds. The molecule has 0 radical (unpaired) electrons. The normalized spacial score (nSPS) is 50.8. The van der Waals surface area contributed by atoms with Gasteiger partial charge in [0.25, 0.3) is 0 Å². The molecular weight excluding hydrogens is 820 g/mol. The fourth-order valence-electron chi connectivity index (χ4n) is 9.57. The molecule has 352 valence electrons. The first-order valence-electron chi connectivity index (χ1n) is 20.7. The molecule has 6 rings (SSSR count). The molecule has 0 aromatic carbocycles. The van der Waals surface area contributed by atoms with Crippen molar-refractivity contribution in [2.75, 3.05) is 33.0 Å². The number of fused-ring (bicyclic) bond motifs is 1. The lowest BCUT2D eigenvalue weighted by Gasteiger charge is -2.51. The highest BCUT2D eigenvalue weighted by Crippen LogP contribution is 2.54. The highest BCUT2D eigenvalue weighted by atomic mass is 16.8. The van der Waals surface area contributed by atoms with E-state index in [0.29, 0.717) is 24.8 Å². The summed E-state index contributed by atoms with van der Waals surface area (Å²) in [7, 11) is 0. The number of aliphatic hydroxyl groups excluding tert-OH is 14. The van der Waals surface area contributed by atoms with E-state index in [4.69, 9.17) is 37.9 Å². The summed E-state index contributed by atoms with van der Waals surface area (Å²) in [6.07, 6.45) is -27.5. The molecule has 5 fully saturated rings. The van der Waals surface area contributed by atoms with E-state index in [1.54, 1.807) is 0 Å². The van der Waals surface area contributed by atoms with Crippen molar-refractivity contribution >= 4 is 0 Å². The van der Waals surface area contributed by atoms with E-state index in [1.165, 1.54) is 0 Å². The minimum absolute atomic E-state index is 0.0231. The summed E-state index contributed by atoms with van der Waals surface area (Å²) in [6, 6.07) is 0. The summed E-state index contributed by atoms with van der Waals surface area (Å²) in [5.41, 5.74) is 1.42. The van der Waals surface area contributed by atoms with Crippen LogP contribution >= 0.6 is 0 Å². The number of hydrogen-bond donors (Lipinski definition) is 14. The number of rotatable bonds is 14. The van der Waals surface area contributed by atoms with E-state index >= 15 is 0 Å². The van der Waals surface area contributed by atoms with Crippen molar-refractivity contribution in [3.63, 3.8) is 0 Å². The zero-order valence-electron chi connectivity index (χ0n) is 34.0. The second kappa shape index (κ2) is 20.4. The highest BCUT2D eigenvalue weighted by molar-refractivity contribution is 5.20. The maximum absolute atomic E-state index is 11.1. The van der Waals surface area contributed by atoms with Gasteiger partial charge in [0.05, 0.1) is 39.1 Å². The van der Waals surface area contributed by atoms with Crippen LogP contribution in [0.25, 0.3) is 0 Å². The van der Waals surface area contributed by atoms with Crippen molar-refractivity contribution < 1.29 is 109 Å². The lowest BCUT2D eigenvalue weighted by atomic mass is 9.57. The Hall–Kier alpha value is -1.40. The fourth-order valence-corrected chi connectivity index (χ4v) is 9.57. The van der Waals surface area contributed by atoms with Gasteiger partial charge >= 0.3 is 0 Å². The van der Waals surface area contributed by atoms with Crippen molar-refractivity contribution in [1.29, 1.82) is 0 Å². The van der Waals surface area contributed by atoms with Crippen LogP contribution in [-0.2, 0) is 37.9 Å². The summed E-state index contributed by atoms with van der Waals surface area (Å²) >= 11 is 0. The van der Waals surface area contributed by atoms with Crippen LogP contribution in [0.3, 0.4) is 0 Å². The first kappa shape index (κ1) is 49.0. The van der Waals surface area contributed by atoms with Crippen LogP contribution in [-0.4, -0.2) is 233 Å². The summed E-state index contributed by atoms with van der Waals surface area (Å²) in [5, 5.41) is 145. The molecule has 1 unspecified atom stereocenters. The average Bonchev–Trinajstić information content (AvgIpc) is 3.24. The molecule has 0 aromatic heterocycles. The lowest BCUT2D eigenvalue weighted by molar-refractivity contribution is -0.362. The monoisotopic (exact) mass is 884 g/mol. The average molecular weight is 885 g/mol. The SMILES string of the molecule is C=C(CO[C@@H]1O[C@H](CO)[C@H](O[C@@H]2O[C@H](CO)[C@H](O)[C@H](O)[C@H]2O)[C@H](O)[C@H]1O)[C@@H]1CC[C@]2(C)C[C@H](O[C@@H]3O[C@H](CO)[C@H](O[C@@H]4O[C@H](CO)[C@H](O)[C@H](O)[C@H]4O)[C@H](O)[C@H]3O)C=C(C)C2C1. The van der Waals surface area contributed by atoms with E-state index in [0.717, 1.165) is 12.0 Å². The molecule has 4 saturated heterocycles. The fraction of sp³-hybridized carbons (Fsp3) is 0.897. The largest absolute Gasteiger partial charge is 0.394 e. The highest BCUT2D eigenvalue weighted by Gasteiger charge is 2.54. The van der Waals surface area contributed by atoms with E-state index in [1.807, 2.05) is 13.0 Å². The topological polar surface area (TPSA) is 357 Å². The van der Waals surface area contributed by atoms with Gasteiger partial charge in [-0.2, -0.15) is 0 Å². The van der Waals surface area contributed by atoms with Gasteiger partial charge in [-0.1, -0.05) is 25.2 Å². The molecule has 14 N–H and O–H groups in total. The van der Waals surface area contributed by atoms with Crippen LogP contribution < -0.4 is 0 Å². The molecule has 6 aliphatic rings. The Labute approximate surface area is 351 Å². The van der Waals surface area contributed by atoms with Crippen molar-refractivity contribution in [3.05, 3.63) is 23.8 Å². The number of allylic oxidation sites excluding steroid dienone is 1. The van der Waals surface area contributed by atoms with Gasteiger partial charge in [0, 0.05) is 0 Å². The summed E-state index contributed by atoms with van der Waals surface area (Å²) in [4.78, 5) is 0. The van der Waals surface area contributed by atoms with Crippen LogP contribution in [0.4, 0.5) is 0 Å². The lowest BCUT2D eigenvalue weighted by Crippen LogP contribution is -2.65. The van der Waals surface area contributed by atoms with Crippen molar-refractivity contribution in [2.45, 2.75) is 168 Å². The van der Waals surface area contributed by atoms with Gasteiger partial charge < -0.3 is 109 Å². The molecule has 4 heterocycles. The molecule has 0 bridgehead atoms. The van der Waals surface area contributed by atoms with Gasteiger partial charge in [-0.3, -0.25) is 0 Å². The first-order chi connectivity index (χ1) is 28.9. The van der Waals surface area contributed by atoms with E-state index in [9.17, 15) is 71.5 Å². The zero-order valence-corrected chi connectivity index (χ0v) is 34.0. The van der Waals surface area contributed by atoms with Gasteiger partial charge in [-0.15, -0.1) is 0 Å². The minimum Gasteiger partial charge on any atom is -0.394 e. The Kier molecular flexibility index (Phi) is 16.4. The summed E-state index contributed by atoms with van der Waals surface area (Å²) in [5.74, 6) is 0.0506. The zero-order chi connectivity index (χ0) is 44.7. The molecule has 22 nitrogen and oxygen atoms in total. The van der Waals surface area contributed by atoms with Crippen molar-refractivity contribution in [1.82, 2.24) is 0 Å². The third kappa shape index (κ3) is 10.1. The molecule has 4 aliphatic heterocycles. The number of aliphatic hydroxyl groups is 14. The van der Waals surface area contributed by atoms with E-state index < -0.39 is 155 Å². The third-order valence-corrected chi connectivity index (χ3v) is 13.3. The maximum Gasteiger partial charge on any atom is 0.187 e. The maximum atomic E-state index is 11.1. The Morgan fingerprint density at radius 3 is 1.52 bits per heavy atom. The standard InChI is InChI=1S/C39H64O22/c1-14-6-17(55-36-32(53)28(49)34(22(12-43)59-36)61-38-30(51)26(47)24(45)20(10-41)57-38)8-39(3)5-4-16(7-18(14)39)15(2)13-54-35-31(52)27(48)33(21(11-42)58-35)60-37-29(50)25(46)23(44)19(9-40)56-37/h6,16-38,40-53H,2,4-5,7-13H2,1,3H3/t16-,17-,18?,19-,20-,21-,22-,23+,24+,25+,26+,27-,28-,29-,30-,31-,32-,33+,34+,35-,36-,37+,38+,39-/m1/s1. The van der Waals surface area contributed by atoms with Crippen molar-refractivity contribution in [3.8, 4) is 0 Å². The molecule has 0 spiro atoms. The molecule has 2 aliphatic carbocycles. The van der Waals surface area contributed by atoms with Crippen LogP contribution in [0, 0.1) is 17.3 Å². The molecule has 1 saturated carbocycles. The molecule has 0 aromatic rings. The minimum atomic E-state index is -1.79. The first-order valence-corrected chi connectivity index (χ1v) is 20.7. The number of hydrogen-bond acceptors (Lipinski definition) is 22. The predicted octanol–water partition coefficient (Wildman–Crippen LogP) is -6.03. The molecule has 24 atom stereocenters. The van der Waals surface area contributed by atoms with E-state index in [2.05, 4.69) is 13.5 Å². The quantitative estimate of drug-likeness (QED) is 0.0722. The van der Waals surface area contributed by atoms with Gasteiger partial charge in [-0.05, 0) is 55.4 Å². The summed E-state index contributed by atoms with van der Waals surface area (Å²) in [6.45, 7) is 5.41. The summed E-state index contributed by atoms with van der Waals surface area (Å²) < 4.78 is 45.7. The Balaban J connectivity index is 1.02. The van der Waals surface area contributed by atoms with Crippen molar-refractivity contribution in [2.24, 2.45) is 17.3 Å². The Bertz CT molecular complexity index is 1470. The molecular formula is C39H64O22. The second-order valence-corrected chi connectivity index (χ2v) is 17.4. The van der Waals surface area contributed by atoms with Crippen LogP contribution in [0.2, 0.25) is 0 Å². The Morgan fingerprint density at radius 2 is 1.03 bits per heavy atom. The predicted molar refractivity (Wildman–Crippen MR) is 200 cm³/mol. The van der Waals surface area contributed by atoms with Crippen LogP contribution in [0.5, 0.6) is 0 Å². The van der Waals surface area contributed by atoms with Gasteiger partial charge in [0.15, 0.2) is 25.2 Å².